The number of nitrogens with one attached hydrogen (secondary N) is 1. The van der Waals surface area contributed by atoms with E-state index in [9.17, 15) is 0 Å². The number of aromatic nitrogens is 1. The van der Waals surface area contributed by atoms with Crippen molar-refractivity contribution in [3.8, 4) is 0 Å². The van der Waals surface area contributed by atoms with E-state index in [1.165, 1.54) is 12.8 Å². The van der Waals surface area contributed by atoms with Gasteiger partial charge in [-0.3, -0.25) is 4.98 Å². The fraction of sp³-hybridized carbons (Fsp3) is 0.333. The van der Waals surface area contributed by atoms with Crippen molar-refractivity contribution in [1.29, 1.82) is 0 Å². The Kier molecular flexibility index (Phi) is 2.04. The molecule has 1 aliphatic rings. The largest absolute Gasteiger partial charge is 0.350 e. The van der Waals surface area contributed by atoms with Crippen LogP contribution in [0.1, 0.15) is 12.8 Å². The van der Waals surface area contributed by atoms with Crippen molar-refractivity contribution in [1.82, 2.24) is 4.98 Å². The third-order valence-electron chi connectivity index (χ3n) is 1.90. The van der Waals surface area contributed by atoms with E-state index >= 15 is 0 Å². The molecule has 1 fully saturated rings. The van der Waals surface area contributed by atoms with Gasteiger partial charge in [-0.15, -0.1) is 0 Å². The van der Waals surface area contributed by atoms with E-state index in [2.05, 4.69) is 10.3 Å². The lowest BCUT2D eigenvalue weighted by molar-refractivity contribution is 1.22. The number of hydrogen-bond donors (Lipinski definition) is 1. The number of anilines is 1. The topological polar surface area (TPSA) is 24.9 Å². The van der Waals surface area contributed by atoms with Gasteiger partial charge in [0.25, 0.3) is 0 Å². The summed E-state index contributed by atoms with van der Waals surface area (Å²) in [5.41, 5.74) is 1.04. The third kappa shape index (κ3) is 1.80. The summed E-state index contributed by atoms with van der Waals surface area (Å²) >= 11 is 5.19. The molecule has 0 aromatic carbocycles. The lowest BCUT2D eigenvalue weighted by Gasteiger charge is -2.04. The minimum Gasteiger partial charge on any atom is -0.350 e. The fourth-order valence-corrected chi connectivity index (χ4v) is 1.38. The molecular weight excluding hydrogens is 168 g/mol. The van der Waals surface area contributed by atoms with E-state index in [0.29, 0.717) is 5.92 Å². The minimum atomic E-state index is 0.633. The minimum absolute atomic E-state index is 0.633. The SMILES string of the molecule is S=C(Nc1ccncc1)C1CC1. The zero-order chi connectivity index (χ0) is 8.39. The van der Waals surface area contributed by atoms with Gasteiger partial charge in [-0.2, -0.15) is 0 Å². The van der Waals surface area contributed by atoms with Gasteiger partial charge in [0, 0.05) is 24.0 Å². The molecule has 62 valence electrons. The van der Waals surface area contributed by atoms with Gasteiger partial charge >= 0.3 is 0 Å². The summed E-state index contributed by atoms with van der Waals surface area (Å²) in [5.74, 6) is 0.633. The van der Waals surface area contributed by atoms with E-state index in [4.69, 9.17) is 12.2 Å². The molecule has 1 aliphatic carbocycles. The maximum atomic E-state index is 5.19. The molecule has 1 aromatic heterocycles. The molecule has 12 heavy (non-hydrogen) atoms. The zero-order valence-corrected chi connectivity index (χ0v) is 7.47. The van der Waals surface area contributed by atoms with Crippen molar-refractivity contribution in [3.05, 3.63) is 24.5 Å². The average Bonchev–Trinajstić information content (AvgIpc) is 2.88. The summed E-state index contributed by atoms with van der Waals surface area (Å²) in [6.45, 7) is 0. The molecule has 2 nitrogen and oxygen atoms in total. The summed E-state index contributed by atoms with van der Waals surface area (Å²) in [7, 11) is 0. The van der Waals surface area contributed by atoms with Gasteiger partial charge in [0.2, 0.25) is 0 Å². The first kappa shape index (κ1) is 7.68. The van der Waals surface area contributed by atoms with Gasteiger partial charge in [-0.25, -0.2) is 0 Å². The van der Waals surface area contributed by atoms with Crippen molar-refractivity contribution in [2.75, 3.05) is 5.32 Å². The molecule has 1 saturated carbocycles. The van der Waals surface area contributed by atoms with Crippen LogP contribution in [0.3, 0.4) is 0 Å². The molecule has 0 amide bonds. The standard InChI is InChI=1S/C9H10N2S/c12-9(7-1-2-7)11-8-3-5-10-6-4-8/h3-7H,1-2H2,(H,10,11,12). The van der Waals surface area contributed by atoms with Crippen molar-refractivity contribution < 1.29 is 0 Å². The Morgan fingerprint density at radius 2 is 2.08 bits per heavy atom. The first-order valence-corrected chi connectivity index (χ1v) is 4.48. The van der Waals surface area contributed by atoms with Crippen molar-refractivity contribution in [2.45, 2.75) is 12.8 Å². The monoisotopic (exact) mass is 178 g/mol. The van der Waals surface area contributed by atoms with Gasteiger partial charge in [0.1, 0.15) is 0 Å². The number of rotatable bonds is 2. The lowest BCUT2D eigenvalue weighted by Crippen LogP contribution is -2.10. The van der Waals surface area contributed by atoms with E-state index in [0.717, 1.165) is 10.7 Å². The Morgan fingerprint density at radius 1 is 1.42 bits per heavy atom. The highest BCUT2D eigenvalue weighted by Gasteiger charge is 2.25. The van der Waals surface area contributed by atoms with Crippen molar-refractivity contribution in [3.63, 3.8) is 0 Å². The van der Waals surface area contributed by atoms with Crippen LogP contribution in [0.5, 0.6) is 0 Å². The van der Waals surface area contributed by atoms with Crippen LogP contribution < -0.4 is 5.32 Å². The van der Waals surface area contributed by atoms with E-state index in [1.807, 2.05) is 12.1 Å². The maximum absolute atomic E-state index is 5.19. The summed E-state index contributed by atoms with van der Waals surface area (Å²) in [6, 6.07) is 3.85. The van der Waals surface area contributed by atoms with Crippen LogP contribution in [0.25, 0.3) is 0 Å². The predicted molar refractivity (Wildman–Crippen MR) is 53.2 cm³/mol. The normalized spacial score (nSPS) is 15.7. The highest BCUT2D eigenvalue weighted by molar-refractivity contribution is 7.80. The van der Waals surface area contributed by atoms with Gasteiger partial charge in [0.15, 0.2) is 0 Å². The third-order valence-corrected chi connectivity index (χ3v) is 2.33. The van der Waals surface area contributed by atoms with Crippen molar-refractivity contribution in [2.24, 2.45) is 5.92 Å². The Bertz CT molecular complexity index is 280. The summed E-state index contributed by atoms with van der Waals surface area (Å²) in [6.07, 6.45) is 6.02. The van der Waals surface area contributed by atoms with Crippen LogP contribution in [-0.4, -0.2) is 9.97 Å². The maximum Gasteiger partial charge on any atom is 0.0828 e. The van der Waals surface area contributed by atoms with E-state index < -0.39 is 0 Å². The predicted octanol–water partition coefficient (Wildman–Crippen LogP) is 2.23. The summed E-state index contributed by atoms with van der Waals surface area (Å²) in [5, 5.41) is 3.20. The molecule has 1 N–H and O–H groups in total. The molecule has 0 atom stereocenters. The average molecular weight is 178 g/mol. The van der Waals surface area contributed by atoms with Gasteiger partial charge in [0.05, 0.1) is 4.99 Å². The smallest absolute Gasteiger partial charge is 0.0828 e. The van der Waals surface area contributed by atoms with Crippen LogP contribution in [0.15, 0.2) is 24.5 Å². The van der Waals surface area contributed by atoms with Gasteiger partial charge < -0.3 is 5.32 Å². The van der Waals surface area contributed by atoms with Gasteiger partial charge in [-0.05, 0) is 25.0 Å². The van der Waals surface area contributed by atoms with Crippen LogP contribution in [-0.2, 0) is 0 Å². The second kappa shape index (κ2) is 3.19. The number of nitrogens with zero attached hydrogens (tertiary/aromatic N) is 1. The Hall–Kier alpha value is -0.960. The molecule has 0 spiro atoms. The molecule has 0 aliphatic heterocycles. The fourth-order valence-electron chi connectivity index (χ4n) is 1.03. The lowest BCUT2D eigenvalue weighted by atomic mass is 10.3. The second-order valence-electron chi connectivity index (χ2n) is 3.00. The Balaban J connectivity index is 1.98. The quantitative estimate of drug-likeness (QED) is 0.703. The first-order chi connectivity index (χ1) is 5.86. The number of thiocarbonyl (C=S) groups is 1. The molecular formula is C9H10N2S. The highest BCUT2D eigenvalue weighted by atomic mass is 32.1. The Labute approximate surface area is 77.0 Å². The van der Waals surface area contributed by atoms with Crippen LogP contribution in [0.4, 0.5) is 5.69 Å². The van der Waals surface area contributed by atoms with Crippen LogP contribution in [0, 0.1) is 5.92 Å². The molecule has 1 aromatic rings. The van der Waals surface area contributed by atoms with Gasteiger partial charge in [-0.1, -0.05) is 12.2 Å². The number of pyridine rings is 1. The molecule has 1 heterocycles. The van der Waals surface area contributed by atoms with E-state index in [-0.39, 0.29) is 0 Å². The molecule has 3 heteroatoms. The molecule has 0 radical (unpaired) electrons. The second-order valence-corrected chi connectivity index (χ2v) is 3.44. The highest BCUT2D eigenvalue weighted by Crippen LogP contribution is 2.30. The molecule has 0 bridgehead atoms. The number of hydrogen-bond acceptors (Lipinski definition) is 2. The summed E-state index contributed by atoms with van der Waals surface area (Å²) < 4.78 is 0. The molecule has 0 unspecified atom stereocenters. The summed E-state index contributed by atoms with van der Waals surface area (Å²) in [4.78, 5) is 4.90. The van der Waals surface area contributed by atoms with Crippen LogP contribution in [0.2, 0.25) is 0 Å². The molecule has 0 saturated heterocycles. The van der Waals surface area contributed by atoms with Crippen LogP contribution >= 0.6 is 12.2 Å². The van der Waals surface area contributed by atoms with Crippen molar-refractivity contribution >= 4 is 22.9 Å². The van der Waals surface area contributed by atoms with E-state index in [1.54, 1.807) is 12.4 Å². The molecule has 2 rings (SSSR count). The first-order valence-electron chi connectivity index (χ1n) is 4.07. The zero-order valence-electron chi connectivity index (χ0n) is 6.66. The Morgan fingerprint density at radius 3 is 2.67 bits per heavy atom.